The van der Waals surface area contributed by atoms with Gasteiger partial charge in [-0.05, 0) is 0 Å². The number of terminal acetylenes is 2. The number of allylic oxidation sites excluding steroid dienone is 2. The van der Waals surface area contributed by atoms with Crippen molar-refractivity contribution in [3.8, 4) is 24.7 Å². The summed E-state index contributed by atoms with van der Waals surface area (Å²) in [6.07, 6.45) is 15.1. The first-order valence-corrected chi connectivity index (χ1v) is 2.43. The zero-order valence-electron chi connectivity index (χ0n) is 4.72. The fraction of sp³-hybridized carbons (Fsp3) is 0.250. The Morgan fingerprint density at radius 1 is 1.00 bits per heavy atom. The van der Waals surface area contributed by atoms with E-state index in [-0.39, 0.29) is 0 Å². The van der Waals surface area contributed by atoms with E-state index in [1.165, 1.54) is 0 Å². The SMILES string of the molecule is C#CC/C=C\CC#C. The summed E-state index contributed by atoms with van der Waals surface area (Å²) in [4.78, 5) is 0. The lowest BCUT2D eigenvalue weighted by Gasteiger charge is -1.73. The molecule has 0 saturated heterocycles. The van der Waals surface area contributed by atoms with Crippen LogP contribution >= 0.6 is 0 Å². The van der Waals surface area contributed by atoms with E-state index in [0.29, 0.717) is 12.8 Å². The van der Waals surface area contributed by atoms with E-state index in [0.717, 1.165) is 0 Å². The molecule has 0 aromatic heterocycles. The molecule has 8 heavy (non-hydrogen) atoms. The molecule has 0 radical (unpaired) electrons. The molecule has 0 heterocycles. The number of rotatable bonds is 2. The molecule has 0 fully saturated rings. The normalized spacial score (nSPS) is 8.25. The van der Waals surface area contributed by atoms with Gasteiger partial charge in [0.05, 0.1) is 0 Å². The van der Waals surface area contributed by atoms with E-state index < -0.39 is 0 Å². The van der Waals surface area contributed by atoms with Crippen LogP contribution < -0.4 is 0 Å². The summed E-state index contributed by atoms with van der Waals surface area (Å²) in [6.45, 7) is 0. The third-order valence-corrected chi connectivity index (χ3v) is 0.638. The van der Waals surface area contributed by atoms with Gasteiger partial charge in [-0.3, -0.25) is 0 Å². The standard InChI is InChI=1S/C8H8/c1-3-5-7-8-6-4-2/h1-2,7-8H,5-6H2/b8-7-. The predicted molar refractivity (Wildman–Crippen MR) is 36.0 cm³/mol. The number of hydrogen-bond donors (Lipinski definition) is 0. The first-order valence-electron chi connectivity index (χ1n) is 2.43. The molecule has 40 valence electrons. The van der Waals surface area contributed by atoms with Crippen molar-refractivity contribution in [2.45, 2.75) is 12.8 Å². The molecule has 0 amide bonds. The first kappa shape index (κ1) is 6.86. The van der Waals surface area contributed by atoms with Crippen molar-refractivity contribution in [2.24, 2.45) is 0 Å². The summed E-state index contributed by atoms with van der Waals surface area (Å²) >= 11 is 0. The highest BCUT2D eigenvalue weighted by Gasteiger charge is 1.65. The van der Waals surface area contributed by atoms with Crippen molar-refractivity contribution in [1.29, 1.82) is 0 Å². The maximum atomic E-state index is 4.96. The molecule has 0 aliphatic rings. The summed E-state index contributed by atoms with van der Waals surface area (Å²) in [5.41, 5.74) is 0. The van der Waals surface area contributed by atoms with Crippen LogP contribution in [0.5, 0.6) is 0 Å². The van der Waals surface area contributed by atoms with Crippen LogP contribution in [0, 0.1) is 24.7 Å². The molecule has 0 unspecified atom stereocenters. The van der Waals surface area contributed by atoms with Gasteiger partial charge < -0.3 is 0 Å². The van der Waals surface area contributed by atoms with Crippen molar-refractivity contribution >= 4 is 0 Å². The summed E-state index contributed by atoms with van der Waals surface area (Å²) in [7, 11) is 0. The van der Waals surface area contributed by atoms with Crippen LogP contribution in [0.3, 0.4) is 0 Å². The average Bonchev–Trinajstić information content (AvgIpc) is 1.81. The molecule has 0 aliphatic carbocycles. The van der Waals surface area contributed by atoms with Crippen molar-refractivity contribution < 1.29 is 0 Å². The third kappa shape index (κ3) is 4.86. The van der Waals surface area contributed by atoms with Gasteiger partial charge >= 0.3 is 0 Å². The van der Waals surface area contributed by atoms with Crippen molar-refractivity contribution in [3.63, 3.8) is 0 Å². The minimum Gasteiger partial charge on any atom is -0.120 e. The van der Waals surface area contributed by atoms with Gasteiger partial charge in [0.2, 0.25) is 0 Å². The Labute approximate surface area is 50.6 Å². The van der Waals surface area contributed by atoms with E-state index in [9.17, 15) is 0 Å². The maximum absolute atomic E-state index is 4.96. The largest absolute Gasteiger partial charge is 0.120 e. The maximum Gasteiger partial charge on any atom is 0.0267 e. The van der Waals surface area contributed by atoms with E-state index in [2.05, 4.69) is 11.8 Å². The summed E-state index contributed by atoms with van der Waals surface area (Å²) < 4.78 is 0. The second-order valence-corrected chi connectivity index (χ2v) is 1.29. The Morgan fingerprint density at radius 3 is 1.62 bits per heavy atom. The third-order valence-electron chi connectivity index (χ3n) is 0.638. The molecular weight excluding hydrogens is 96.1 g/mol. The molecule has 0 aliphatic heterocycles. The van der Waals surface area contributed by atoms with Crippen LogP contribution in [0.2, 0.25) is 0 Å². The Hall–Kier alpha value is -1.14. The topological polar surface area (TPSA) is 0 Å². The minimum absolute atomic E-state index is 0.682. The predicted octanol–water partition coefficient (Wildman–Crippen LogP) is 1.59. The minimum atomic E-state index is 0.682. The monoisotopic (exact) mass is 104 g/mol. The molecule has 0 N–H and O–H groups in total. The molecule has 0 aromatic carbocycles. The Balaban J connectivity index is 3.14. The van der Waals surface area contributed by atoms with Crippen LogP contribution in [0.1, 0.15) is 12.8 Å². The molecule has 0 aromatic rings. The summed E-state index contributed by atoms with van der Waals surface area (Å²) in [5, 5.41) is 0. The summed E-state index contributed by atoms with van der Waals surface area (Å²) in [6, 6.07) is 0. The van der Waals surface area contributed by atoms with Crippen LogP contribution in [-0.4, -0.2) is 0 Å². The lowest BCUT2D eigenvalue weighted by atomic mass is 10.3. The van der Waals surface area contributed by atoms with Crippen molar-refractivity contribution in [2.75, 3.05) is 0 Å². The quantitative estimate of drug-likeness (QED) is 0.368. The van der Waals surface area contributed by atoms with Gasteiger partial charge in [-0.1, -0.05) is 12.2 Å². The van der Waals surface area contributed by atoms with Gasteiger partial charge in [0.1, 0.15) is 0 Å². The van der Waals surface area contributed by atoms with E-state index in [1.54, 1.807) is 0 Å². The van der Waals surface area contributed by atoms with Gasteiger partial charge in [-0.25, -0.2) is 0 Å². The van der Waals surface area contributed by atoms with Crippen LogP contribution in [0.25, 0.3) is 0 Å². The first-order chi connectivity index (χ1) is 3.91. The number of hydrogen-bond acceptors (Lipinski definition) is 0. The molecule has 0 heteroatoms. The Kier molecular flexibility index (Phi) is 5.02. The lowest BCUT2D eigenvalue weighted by molar-refractivity contribution is 1.38. The Bertz CT molecular complexity index is 120. The highest BCUT2D eigenvalue weighted by molar-refractivity contribution is 5.01. The van der Waals surface area contributed by atoms with Crippen LogP contribution in [-0.2, 0) is 0 Å². The van der Waals surface area contributed by atoms with Crippen molar-refractivity contribution in [3.05, 3.63) is 12.2 Å². The second kappa shape index (κ2) is 5.86. The van der Waals surface area contributed by atoms with Gasteiger partial charge in [-0.2, -0.15) is 0 Å². The molecule has 0 bridgehead atoms. The van der Waals surface area contributed by atoms with Gasteiger partial charge in [-0.15, -0.1) is 24.7 Å². The molecular formula is C8H8. The van der Waals surface area contributed by atoms with E-state index in [1.807, 2.05) is 12.2 Å². The van der Waals surface area contributed by atoms with Crippen LogP contribution in [0.15, 0.2) is 12.2 Å². The molecule has 0 saturated carbocycles. The highest BCUT2D eigenvalue weighted by Crippen LogP contribution is 1.82. The highest BCUT2D eigenvalue weighted by atomic mass is 13.7. The summed E-state index contributed by atoms with van der Waals surface area (Å²) in [5.74, 6) is 4.94. The zero-order valence-corrected chi connectivity index (χ0v) is 4.72. The van der Waals surface area contributed by atoms with Crippen LogP contribution in [0.4, 0.5) is 0 Å². The fourth-order valence-electron chi connectivity index (χ4n) is 0.303. The average molecular weight is 104 g/mol. The van der Waals surface area contributed by atoms with E-state index in [4.69, 9.17) is 12.8 Å². The Morgan fingerprint density at radius 2 is 1.38 bits per heavy atom. The van der Waals surface area contributed by atoms with Crippen molar-refractivity contribution in [1.82, 2.24) is 0 Å². The fourth-order valence-corrected chi connectivity index (χ4v) is 0.303. The zero-order chi connectivity index (χ0) is 6.24. The van der Waals surface area contributed by atoms with Gasteiger partial charge in [0.15, 0.2) is 0 Å². The molecule has 0 atom stereocenters. The molecule has 0 spiro atoms. The molecule has 0 rings (SSSR count). The van der Waals surface area contributed by atoms with Gasteiger partial charge in [0, 0.05) is 12.8 Å². The van der Waals surface area contributed by atoms with E-state index >= 15 is 0 Å². The molecule has 0 nitrogen and oxygen atoms in total. The smallest absolute Gasteiger partial charge is 0.0267 e. The lowest BCUT2D eigenvalue weighted by Crippen LogP contribution is -1.57. The second-order valence-electron chi connectivity index (χ2n) is 1.29. The van der Waals surface area contributed by atoms with Gasteiger partial charge in [0.25, 0.3) is 0 Å².